The third-order valence-corrected chi connectivity index (χ3v) is 4.87. The SMILES string of the molecule is Cc1[nH]nc(S(=O)(=O)NC2CCCCC2)c1CO. The van der Waals surface area contributed by atoms with E-state index in [2.05, 4.69) is 14.9 Å². The lowest BCUT2D eigenvalue weighted by molar-refractivity contribution is 0.277. The van der Waals surface area contributed by atoms with Crippen molar-refractivity contribution in [3.63, 3.8) is 0 Å². The number of sulfonamides is 1. The van der Waals surface area contributed by atoms with Crippen molar-refractivity contribution >= 4 is 10.0 Å². The molecule has 102 valence electrons. The molecule has 18 heavy (non-hydrogen) atoms. The number of aryl methyl sites for hydroxylation is 1. The van der Waals surface area contributed by atoms with Gasteiger partial charge in [0.15, 0.2) is 5.03 Å². The Balaban J connectivity index is 2.19. The van der Waals surface area contributed by atoms with Crippen molar-refractivity contribution in [2.75, 3.05) is 0 Å². The molecule has 1 aromatic rings. The van der Waals surface area contributed by atoms with E-state index >= 15 is 0 Å². The van der Waals surface area contributed by atoms with Crippen LogP contribution in [0.5, 0.6) is 0 Å². The molecular weight excluding hydrogens is 254 g/mol. The number of H-pyrrole nitrogens is 1. The molecule has 0 spiro atoms. The van der Waals surface area contributed by atoms with Crippen LogP contribution < -0.4 is 4.72 Å². The molecule has 0 bridgehead atoms. The summed E-state index contributed by atoms with van der Waals surface area (Å²) >= 11 is 0. The summed E-state index contributed by atoms with van der Waals surface area (Å²) in [4.78, 5) is 0. The molecule has 7 heteroatoms. The molecule has 1 aromatic heterocycles. The van der Waals surface area contributed by atoms with E-state index in [9.17, 15) is 13.5 Å². The van der Waals surface area contributed by atoms with E-state index < -0.39 is 10.0 Å². The molecule has 1 saturated carbocycles. The number of nitrogens with zero attached hydrogens (tertiary/aromatic N) is 1. The predicted molar refractivity (Wildman–Crippen MR) is 66.4 cm³/mol. The highest BCUT2D eigenvalue weighted by Gasteiger charge is 2.27. The first kappa shape index (κ1) is 13.5. The second kappa shape index (κ2) is 5.38. The lowest BCUT2D eigenvalue weighted by atomic mass is 9.96. The summed E-state index contributed by atoms with van der Waals surface area (Å²) in [6.07, 6.45) is 5.02. The van der Waals surface area contributed by atoms with Crippen molar-refractivity contribution in [1.82, 2.24) is 14.9 Å². The van der Waals surface area contributed by atoms with Gasteiger partial charge in [0.2, 0.25) is 0 Å². The fraction of sp³-hybridized carbons (Fsp3) is 0.727. The molecule has 0 radical (unpaired) electrons. The molecule has 1 aliphatic carbocycles. The van der Waals surface area contributed by atoms with Gasteiger partial charge in [-0.2, -0.15) is 5.10 Å². The van der Waals surface area contributed by atoms with Crippen molar-refractivity contribution in [1.29, 1.82) is 0 Å². The van der Waals surface area contributed by atoms with E-state index in [4.69, 9.17) is 0 Å². The fourth-order valence-corrected chi connectivity index (χ4v) is 3.83. The van der Waals surface area contributed by atoms with Gasteiger partial charge < -0.3 is 5.11 Å². The van der Waals surface area contributed by atoms with E-state index in [0.29, 0.717) is 11.3 Å². The van der Waals surface area contributed by atoms with Gasteiger partial charge in [0.25, 0.3) is 10.0 Å². The topological polar surface area (TPSA) is 95.1 Å². The Hall–Kier alpha value is -0.920. The van der Waals surface area contributed by atoms with Gasteiger partial charge in [0, 0.05) is 17.3 Å². The zero-order chi connectivity index (χ0) is 13.2. The van der Waals surface area contributed by atoms with Crippen LogP contribution in [0.15, 0.2) is 5.03 Å². The summed E-state index contributed by atoms with van der Waals surface area (Å²) < 4.78 is 27.1. The van der Waals surface area contributed by atoms with Crippen LogP contribution >= 0.6 is 0 Å². The molecule has 1 fully saturated rings. The van der Waals surface area contributed by atoms with E-state index in [-0.39, 0.29) is 17.7 Å². The van der Waals surface area contributed by atoms with Crippen molar-refractivity contribution in [2.24, 2.45) is 0 Å². The summed E-state index contributed by atoms with van der Waals surface area (Å²) in [7, 11) is -3.63. The Morgan fingerprint density at radius 3 is 2.67 bits per heavy atom. The number of nitrogens with one attached hydrogen (secondary N) is 2. The minimum atomic E-state index is -3.63. The average Bonchev–Trinajstić information content (AvgIpc) is 2.72. The third kappa shape index (κ3) is 2.73. The van der Waals surface area contributed by atoms with E-state index in [0.717, 1.165) is 25.7 Å². The Morgan fingerprint density at radius 1 is 1.39 bits per heavy atom. The second-order valence-electron chi connectivity index (χ2n) is 4.75. The van der Waals surface area contributed by atoms with Crippen LogP contribution in [0, 0.1) is 6.92 Å². The fourth-order valence-electron chi connectivity index (χ4n) is 2.33. The summed E-state index contributed by atoms with van der Waals surface area (Å²) in [5, 5.41) is 15.5. The Kier molecular flexibility index (Phi) is 4.04. The maximum Gasteiger partial charge on any atom is 0.260 e. The minimum Gasteiger partial charge on any atom is -0.392 e. The van der Waals surface area contributed by atoms with Crippen LogP contribution in [0.2, 0.25) is 0 Å². The van der Waals surface area contributed by atoms with Gasteiger partial charge in [-0.05, 0) is 19.8 Å². The number of aromatic amines is 1. The molecule has 1 heterocycles. The number of aromatic nitrogens is 2. The summed E-state index contributed by atoms with van der Waals surface area (Å²) in [5.74, 6) is 0. The zero-order valence-corrected chi connectivity index (χ0v) is 11.3. The lowest BCUT2D eigenvalue weighted by Gasteiger charge is -2.22. The molecule has 6 nitrogen and oxygen atoms in total. The number of hydrogen-bond acceptors (Lipinski definition) is 4. The predicted octanol–water partition coefficient (Wildman–Crippen LogP) is 0.821. The van der Waals surface area contributed by atoms with Crippen molar-refractivity contribution in [3.8, 4) is 0 Å². The molecule has 3 N–H and O–H groups in total. The summed E-state index contributed by atoms with van der Waals surface area (Å²) in [6, 6.07) is -0.00713. The quantitative estimate of drug-likeness (QED) is 0.757. The summed E-state index contributed by atoms with van der Waals surface area (Å²) in [5.41, 5.74) is 0.930. The van der Waals surface area contributed by atoms with E-state index in [1.807, 2.05) is 0 Å². The second-order valence-corrected chi connectivity index (χ2v) is 6.38. The van der Waals surface area contributed by atoms with Gasteiger partial charge in [0.1, 0.15) is 0 Å². The van der Waals surface area contributed by atoms with Crippen molar-refractivity contribution < 1.29 is 13.5 Å². The standard InChI is InChI=1S/C11H19N3O3S/c1-8-10(7-15)11(13-12-8)18(16,17)14-9-5-3-2-4-6-9/h9,14-15H,2-7H2,1H3,(H,12,13). The molecule has 0 aliphatic heterocycles. The van der Waals surface area contributed by atoms with Crippen LogP contribution in [-0.2, 0) is 16.6 Å². The number of aliphatic hydroxyl groups excluding tert-OH is 1. The minimum absolute atomic E-state index is 0.00713. The van der Waals surface area contributed by atoms with Gasteiger partial charge in [0.05, 0.1) is 6.61 Å². The Bertz CT molecular complexity index is 504. The monoisotopic (exact) mass is 273 g/mol. The molecule has 0 amide bonds. The highest BCUT2D eigenvalue weighted by molar-refractivity contribution is 7.89. The highest BCUT2D eigenvalue weighted by atomic mass is 32.2. The summed E-state index contributed by atoms with van der Waals surface area (Å²) in [6.45, 7) is 1.36. The Labute approximate surface area is 107 Å². The number of rotatable bonds is 4. The smallest absolute Gasteiger partial charge is 0.260 e. The molecule has 0 aromatic carbocycles. The number of aliphatic hydroxyl groups is 1. The van der Waals surface area contributed by atoms with Gasteiger partial charge in [-0.3, -0.25) is 5.10 Å². The molecule has 1 aliphatic rings. The molecule has 0 atom stereocenters. The molecular formula is C11H19N3O3S. The molecule has 2 rings (SSSR count). The molecule has 0 unspecified atom stereocenters. The van der Waals surface area contributed by atoms with Gasteiger partial charge in [-0.25, -0.2) is 13.1 Å². The molecule has 0 saturated heterocycles. The van der Waals surface area contributed by atoms with Crippen LogP contribution in [0.4, 0.5) is 0 Å². The van der Waals surface area contributed by atoms with Crippen molar-refractivity contribution in [3.05, 3.63) is 11.3 Å². The van der Waals surface area contributed by atoms with E-state index in [1.54, 1.807) is 6.92 Å². The van der Waals surface area contributed by atoms with Crippen LogP contribution in [-0.4, -0.2) is 29.8 Å². The maximum absolute atomic E-state index is 12.2. The average molecular weight is 273 g/mol. The lowest BCUT2D eigenvalue weighted by Crippen LogP contribution is -2.36. The van der Waals surface area contributed by atoms with E-state index in [1.165, 1.54) is 6.42 Å². The van der Waals surface area contributed by atoms with Crippen LogP contribution in [0.25, 0.3) is 0 Å². The van der Waals surface area contributed by atoms with Crippen molar-refractivity contribution in [2.45, 2.75) is 56.7 Å². The first-order chi connectivity index (χ1) is 8.54. The maximum atomic E-state index is 12.2. The van der Waals surface area contributed by atoms with Crippen LogP contribution in [0.1, 0.15) is 43.4 Å². The zero-order valence-electron chi connectivity index (χ0n) is 10.4. The first-order valence-electron chi connectivity index (χ1n) is 6.21. The normalized spacial score (nSPS) is 18.1. The van der Waals surface area contributed by atoms with Gasteiger partial charge in [-0.1, -0.05) is 19.3 Å². The number of hydrogen-bond donors (Lipinski definition) is 3. The highest BCUT2D eigenvalue weighted by Crippen LogP contribution is 2.21. The van der Waals surface area contributed by atoms with Crippen LogP contribution in [0.3, 0.4) is 0 Å². The first-order valence-corrected chi connectivity index (χ1v) is 7.70. The van der Waals surface area contributed by atoms with Gasteiger partial charge >= 0.3 is 0 Å². The Morgan fingerprint density at radius 2 is 2.06 bits per heavy atom. The van der Waals surface area contributed by atoms with Gasteiger partial charge in [-0.15, -0.1) is 0 Å². The largest absolute Gasteiger partial charge is 0.392 e. The third-order valence-electron chi connectivity index (χ3n) is 3.38.